The highest BCUT2D eigenvalue weighted by Gasteiger charge is 2.29. The Bertz CT molecular complexity index is 1160. The lowest BCUT2D eigenvalue weighted by molar-refractivity contribution is 0.0712. The molecule has 2 aliphatic rings. The molecule has 178 valence electrons. The quantitative estimate of drug-likeness (QED) is 0.503. The summed E-state index contributed by atoms with van der Waals surface area (Å²) in [6.45, 7) is 6.00. The summed E-state index contributed by atoms with van der Waals surface area (Å²) in [6, 6.07) is 12.8. The van der Waals surface area contributed by atoms with E-state index in [1.807, 2.05) is 36.9 Å². The van der Waals surface area contributed by atoms with Gasteiger partial charge in [0.15, 0.2) is 5.82 Å². The van der Waals surface area contributed by atoms with Crippen molar-refractivity contribution in [3.63, 3.8) is 0 Å². The molecule has 1 aliphatic carbocycles. The number of benzene rings is 2. The molecule has 3 aromatic rings. The highest BCUT2D eigenvalue weighted by atomic mass is 16.5. The van der Waals surface area contributed by atoms with Crippen LogP contribution in [0.4, 0.5) is 5.69 Å². The molecule has 2 heterocycles. The number of carbonyl (C=O) groups is 1. The van der Waals surface area contributed by atoms with Crippen LogP contribution in [-0.2, 0) is 0 Å². The molecule has 1 aliphatic heterocycles. The number of carbonyl (C=O) groups excluding carboxylic acids is 1. The Morgan fingerprint density at radius 1 is 1.09 bits per heavy atom. The number of ether oxygens (including phenoxy) is 1. The number of hydrogen-bond donors (Lipinski definition) is 2. The summed E-state index contributed by atoms with van der Waals surface area (Å²) < 4.78 is 5.49. The fraction of sp³-hybridized carbons (Fsp3) is 0.444. The average molecular weight is 460 g/mol. The van der Waals surface area contributed by atoms with Crippen molar-refractivity contribution < 1.29 is 9.53 Å². The van der Waals surface area contributed by atoms with Gasteiger partial charge in [-0.2, -0.15) is 0 Å². The van der Waals surface area contributed by atoms with Gasteiger partial charge in [-0.3, -0.25) is 9.78 Å². The molecule has 7 nitrogen and oxygen atoms in total. The highest BCUT2D eigenvalue weighted by Crippen LogP contribution is 2.42. The Morgan fingerprint density at radius 2 is 1.82 bits per heavy atom. The van der Waals surface area contributed by atoms with E-state index in [0.717, 1.165) is 48.3 Å². The summed E-state index contributed by atoms with van der Waals surface area (Å²) >= 11 is 0. The van der Waals surface area contributed by atoms with Gasteiger partial charge in [-0.15, -0.1) is 5.10 Å². The Balaban J connectivity index is 1.38. The van der Waals surface area contributed by atoms with Gasteiger partial charge >= 0.3 is 6.01 Å². The van der Waals surface area contributed by atoms with Crippen LogP contribution in [0.25, 0.3) is 11.4 Å². The maximum absolute atomic E-state index is 13.6. The fourth-order valence-electron chi connectivity index (χ4n) is 5.15. The van der Waals surface area contributed by atoms with Crippen molar-refractivity contribution in [3.8, 4) is 17.4 Å². The molecule has 0 bridgehead atoms. The van der Waals surface area contributed by atoms with Crippen molar-refractivity contribution in [1.82, 2.24) is 20.1 Å². The van der Waals surface area contributed by atoms with E-state index in [4.69, 9.17) is 10.5 Å². The monoisotopic (exact) mass is 459 g/mol. The van der Waals surface area contributed by atoms with Gasteiger partial charge in [0, 0.05) is 29.9 Å². The number of nitrogens with zero attached hydrogens (tertiary/aromatic N) is 3. The molecular weight excluding hydrogens is 426 g/mol. The third kappa shape index (κ3) is 4.39. The van der Waals surface area contributed by atoms with E-state index in [2.05, 4.69) is 33.4 Å². The predicted molar refractivity (Wildman–Crippen MR) is 133 cm³/mol. The van der Waals surface area contributed by atoms with E-state index in [9.17, 15) is 4.79 Å². The zero-order valence-corrected chi connectivity index (χ0v) is 20.0. The lowest BCUT2D eigenvalue weighted by Crippen LogP contribution is -2.38. The number of aromatic nitrogens is 3. The number of anilines is 1. The number of amides is 1. The molecular formula is C27H33N5O2. The molecule has 2 aromatic carbocycles. The number of nitrogen functional groups attached to an aromatic ring is 1. The maximum atomic E-state index is 13.6. The molecule has 1 amide bonds. The number of hydrogen-bond acceptors (Lipinski definition) is 5. The number of likely N-dealkylation sites (tertiary alicyclic amines) is 1. The molecule has 1 saturated carbocycles. The standard InChI is InChI=1S/C27H33N5O2/c1-3-34-27-29-25(30-31-27)24-16-22(17(2)15-23(24)20-5-4-6-20)26(33)32-13-11-19(12-14-32)18-7-9-21(28)10-8-18/h7-10,15-16,19-20H,3-6,11-14,28H2,1-2H3,(H,29,30,31). The van der Waals surface area contributed by atoms with Crippen molar-refractivity contribution in [2.45, 2.75) is 57.8 Å². The summed E-state index contributed by atoms with van der Waals surface area (Å²) in [6.07, 6.45) is 5.51. The van der Waals surface area contributed by atoms with Crippen LogP contribution in [-0.4, -0.2) is 45.7 Å². The van der Waals surface area contributed by atoms with Gasteiger partial charge in [0.25, 0.3) is 5.91 Å². The first-order valence-corrected chi connectivity index (χ1v) is 12.4. The summed E-state index contributed by atoms with van der Waals surface area (Å²) in [5.41, 5.74) is 11.9. The molecule has 1 aromatic heterocycles. The van der Waals surface area contributed by atoms with Gasteiger partial charge in [-0.25, -0.2) is 0 Å². The zero-order valence-electron chi connectivity index (χ0n) is 20.0. The lowest BCUT2D eigenvalue weighted by atomic mass is 9.77. The van der Waals surface area contributed by atoms with Crippen LogP contribution in [0, 0.1) is 6.92 Å². The molecule has 0 spiro atoms. The van der Waals surface area contributed by atoms with Gasteiger partial charge in [0.2, 0.25) is 0 Å². The summed E-state index contributed by atoms with van der Waals surface area (Å²) in [4.78, 5) is 18.8. The molecule has 2 fully saturated rings. The Morgan fingerprint density at radius 3 is 2.47 bits per heavy atom. The van der Waals surface area contributed by atoms with Gasteiger partial charge in [-0.1, -0.05) is 29.7 Å². The minimum Gasteiger partial charge on any atom is -0.464 e. The number of aromatic amines is 1. The van der Waals surface area contributed by atoms with Crippen LogP contribution < -0.4 is 10.5 Å². The van der Waals surface area contributed by atoms with E-state index >= 15 is 0 Å². The molecule has 34 heavy (non-hydrogen) atoms. The van der Waals surface area contributed by atoms with Crippen molar-refractivity contribution >= 4 is 11.6 Å². The fourth-order valence-corrected chi connectivity index (χ4v) is 5.15. The second-order valence-electron chi connectivity index (χ2n) is 9.53. The number of rotatable bonds is 6. The topological polar surface area (TPSA) is 97.1 Å². The Labute approximate surface area is 200 Å². The van der Waals surface area contributed by atoms with E-state index < -0.39 is 0 Å². The second-order valence-corrected chi connectivity index (χ2v) is 9.53. The molecule has 1 saturated heterocycles. The van der Waals surface area contributed by atoms with Crippen LogP contribution in [0.15, 0.2) is 36.4 Å². The van der Waals surface area contributed by atoms with Crippen LogP contribution in [0.5, 0.6) is 6.01 Å². The summed E-state index contributed by atoms with van der Waals surface area (Å²) in [5.74, 6) is 1.74. The first-order chi connectivity index (χ1) is 16.5. The SMILES string of the molecule is CCOc1nnc(-c2cc(C(=O)N3CCC(c4ccc(N)cc4)CC3)c(C)cc2C2CCC2)[nH]1. The zero-order chi connectivity index (χ0) is 23.7. The first kappa shape index (κ1) is 22.4. The van der Waals surface area contributed by atoms with Crippen LogP contribution in [0.2, 0.25) is 0 Å². The Kier molecular flexibility index (Phi) is 6.26. The van der Waals surface area contributed by atoms with Gasteiger partial charge in [-0.05, 0) is 86.3 Å². The smallest absolute Gasteiger partial charge is 0.314 e. The van der Waals surface area contributed by atoms with Crippen molar-refractivity contribution in [3.05, 3.63) is 58.7 Å². The van der Waals surface area contributed by atoms with Crippen molar-refractivity contribution in [2.75, 3.05) is 25.4 Å². The summed E-state index contributed by atoms with van der Waals surface area (Å²) in [5, 5.41) is 8.46. The number of aryl methyl sites for hydroxylation is 1. The van der Waals surface area contributed by atoms with Gasteiger partial charge in [0.05, 0.1) is 6.61 Å². The van der Waals surface area contributed by atoms with E-state index in [-0.39, 0.29) is 5.91 Å². The van der Waals surface area contributed by atoms with Crippen LogP contribution in [0.1, 0.15) is 77.9 Å². The van der Waals surface area contributed by atoms with Gasteiger partial charge < -0.3 is 15.4 Å². The maximum Gasteiger partial charge on any atom is 0.314 e. The molecule has 0 atom stereocenters. The number of piperidine rings is 1. The minimum absolute atomic E-state index is 0.0965. The van der Waals surface area contributed by atoms with Crippen LogP contribution >= 0.6 is 0 Å². The lowest BCUT2D eigenvalue weighted by Gasteiger charge is -2.33. The van der Waals surface area contributed by atoms with Crippen molar-refractivity contribution in [2.24, 2.45) is 0 Å². The largest absolute Gasteiger partial charge is 0.464 e. The number of nitrogens with one attached hydrogen (secondary N) is 1. The first-order valence-electron chi connectivity index (χ1n) is 12.4. The van der Waals surface area contributed by atoms with Gasteiger partial charge in [0.1, 0.15) is 0 Å². The van der Waals surface area contributed by atoms with Crippen LogP contribution in [0.3, 0.4) is 0 Å². The Hall–Kier alpha value is -3.35. The number of nitrogens with two attached hydrogens (primary N) is 1. The average Bonchev–Trinajstić information content (AvgIpc) is 3.27. The predicted octanol–water partition coefficient (Wildman–Crippen LogP) is 5.05. The number of H-pyrrole nitrogens is 1. The highest BCUT2D eigenvalue weighted by molar-refractivity contribution is 5.97. The van der Waals surface area contributed by atoms with E-state index in [0.29, 0.717) is 30.3 Å². The van der Waals surface area contributed by atoms with E-state index in [1.54, 1.807) is 0 Å². The molecule has 7 heteroatoms. The molecule has 0 radical (unpaired) electrons. The van der Waals surface area contributed by atoms with E-state index in [1.165, 1.54) is 30.4 Å². The van der Waals surface area contributed by atoms with Crippen molar-refractivity contribution in [1.29, 1.82) is 0 Å². The normalized spacial score (nSPS) is 16.9. The molecule has 3 N–H and O–H groups in total. The molecule has 5 rings (SSSR count). The second kappa shape index (κ2) is 9.49. The minimum atomic E-state index is 0.0965. The third-order valence-corrected chi connectivity index (χ3v) is 7.36. The third-order valence-electron chi connectivity index (χ3n) is 7.36. The molecule has 0 unspecified atom stereocenters. The summed E-state index contributed by atoms with van der Waals surface area (Å²) in [7, 11) is 0.